The minimum Gasteiger partial charge on any atom is -0.335 e. The average Bonchev–Trinajstić information content (AvgIpc) is 2.98. The number of hydrogen-bond acceptors (Lipinski definition) is 2. The summed E-state index contributed by atoms with van der Waals surface area (Å²) >= 11 is 0. The maximum Gasteiger partial charge on any atom is 0.315 e. The lowest BCUT2D eigenvalue weighted by molar-refractivity contribution is 0.221. The highest BCUT2D eigenvalue weighted by molar-refractivity contribution is 5.75. The molecule has 0 spiro atoms. The fourth-order valence-electron chi connectivity index (χ4n) is 1.46. The van der Waals surface area contributed by atoms with E-state index in [1.165, 1.54) is 0 Å². The largest absolute Gasteiger partial charge is 0.335 e. The summed E-state index contributed by atoms with van der Waals surface area (Å²) in [6, 6.07) is 0.334. The lowest BCUT2D eigenvalue weighted by Gasteiger charge is -2.31. The number of carbonyl (C=O) groups is 1. The molecule has 0 aromatic rings. The van der Waals surface area contributed by atoms with Gasteiger partial charge in [0.05, 0.1) is 5.54 Å². The molecule has 0 bridgehead atoms. The van der Waals surface area contributed by atoms with E-state index < -0.39 is 0 Å². The Labute approximate surface area is 85.6 Å². The average molecular weight is 199 g/mol. The third-order valence-corrected chi connectivity index (χ3v) is 3.04. The van der Waals surface area contributed by atoms with Gasteiger partial charge >= 0.3 is 6.03 Å². The zero-order valence-electron chi connectivity index (χ0n) is 9.10. The molecular weight excluding hydrogens is 178 g/mol. The molecule has 0 unspecified atom stereocenters. The molecule has 4 nitrogen and oxygen atoms in total. The Hall–Kier alpha value is -0.770. The van der Waals surface area contributed by atoms with Crippen LogP contribution < -0.4 is 16.4 Å². The first-order chi connectivity index (χ1) is 6.65. The third kappa shape index (κ3) is 2.87. The van der Waals surface area contributed by atoms with Gasteiger partial charge in [-0.3, -0.25) is 0 Å². The molecule has 0 radical (unpaired) electrons. The van der Waals surface area contributed by atoms with Gasteiger partial charge in [-0.25, -0.2) is 4.79 Å². The topological polar surface area (TPSA) is 67.1 Å². The fourth-order valence-corrected chi connectivity index (χ4v) is 1.46. The molecule has 0 aliphatic heterocycles. The highest BCUT2D eigenvalue weighted by Crippen LogP contribution is 2.19. The molecule has 0 atom stereocenters. The van der Waals surface area contributed by atoms with E-state index in [2.05, 4.69) is 10.6 Å². The molecular formula is C10H21N3O. The molecule has 0 saturated heterocycles. The van der Waals surface area contributed by atoms with Crippen molar-refractivity contribution in [2.75, 3.05) is 6.54 Å². The first-order valence-electron chi connectivity index (χ1n) is 5.44. The van der Waals surface area contributed by atoms with Gasteiger partial charge in [-0.15, -0.1) is 0 Å². The number of hydrogen-bond donors (Lipinski definition) is 3. The summed E-state index contributed by atoms with van der Waals surface area (Å²) in [5, 5.41) is 5.88. The summed E-state index contributed by atoms with van der Waals surface area (Å²) in [7, 11) is 0. The number of amides is 2. The second-order valence-electron chi connectivity index (χ2n) is 4.06. The van der Waals surface area contributed by atoms with Crippen molar-refractivity contribution < 1.29 is 4.79 Å². The second kappa shape index (κ2) is 4.64. The number of nitrogens with two attached hydrogens (primary N) is 1. The molecule has 1 rings (SSSR count). The Morgan fingerprint density at radius 3 is 2.36 bits per heavy atom. The molecule has 4 heteroatoms. The van der Waals surface area contributed by atoms with E-state index in [0.29, 0.717) is 12.6 Å². The molecule has 0 heterocycles. The summed E-state index contributed by atoms with van der Waals surface area (Å²) in [4.78, 5) is 11.5. The molecule has 1 aliphatic rings. The van der Waals surface area contributed by atoms with Crippen LogP contribution in [0.4, 0.5) is 4.79 Å². The predicted molar refractivity (Wildman–Crippen MR) is 57.1 cm³/mol. The number of rotatable bonds is 5. The summed E-state index contributed by atoms with van der Waals surface area (Å²) in [5.74, 6) is 0. The van der Waals surface area contributed by atoms with Crippen molar-refractivity contribution in [3.05, 3.63) is 0 Å². The Morgan fingerprint density at radius 1 is 1.43 bits per heavy atom. The van der Waals surface area contributed by atoms with Crippen molar-refractivity contribution in [2.24, 2.45) is 5.73 Å². The number of carbonyl (C=O) groups excluding carboxylic acids is 1. The normalized spacial score (nSPS) is 16.5. The van der Waals surface area contributed by atoms with Crippen LogP contribution in [0.1, 0.15) is 39.5 Å². The molecule has 82 valence electrons. The van der Waals surface area contributed by atoms with Gasteiger partial charge in [0, 0.05) is 12.6 Å². The first-order valence-corrected chi connectivity index (χ1v) is 5.44. The predicted octanol–water partition coefficient (Wildman–Crippen LogP) is 0.966. The minimum atomic E-state index is -0.223. The summed E-state index contributed by atoms with van der Waals surface area (Å²) < 4.78 is 0. The van der Waals surface area contributed by atoms with Crippen LogP contribution in [0.15, 0.2) is 0 Å². The lowest BCUT2D eigenvalue weighted by Crippen LogP contribution is -2.56. The Morgan fingerprint density at radius 2 is 2.00 bits per heavy atom. The van der Waals surface area contributed by atoms with Gasteiger partial charge in [0.25, 0.3) is 0 Å². The van der Waals surface area contributed by atoms with Gasteiger partial charge in [-0.2, -0.15) is 0 Å². The lowest BCUT2D eigenvalue weighted by atomic mass is 9.93. The van der Waals surface area contributed by atoms with Crippen LogP contribution in [0.3, 0.4) is 0 Å². The van der Waals surface area contributed by atoms with E-state index in [4.69, 9.17) is 5.73 Å². The zero-order chi connectivity index (χ0) is 10.6. The standard InChI is InChI=1S/C10H21N3O/c1-3-10(4-2,7-11)13-9(14)12-8-5-6-8/h8H,3-7,11H2,1-2H3,(H2,12,13,14). The van der Waals surface area contributed by atoms with Crippen LogP contribution in [0, 0.1) is 0 Å². The maximum atomic E-state index is 11.5. The highest BCUT2D eigenvalue weighted by atomic mass is 16.2. The van der Waals surface area contributed by atoms with Crippen LogP contribution in [-0.4, -0.2) is 24.2 Å². The Bertz CT molecular complexity index is 189. The van der Waals surface area contributed by atoms with E-state index in [-0.39, 0.29) is 11.6 Å². The quantitative estimate of drug-likeness (QED) is 0.617. The fraction of sp³-hybridized carbons (Fsp3) is 0.900. The van der Waals surface area contributed by atoms with Crippen molar-refractivity contribution in [1.82, 2.24) is 10.6 Å². The molecule has 4 N–H and O–H groups in total. The van der Waals surface area contributed by atoms with E-state index in [1.807, 2.05) is 13.8 Å². The van der Waals surface area contributed by atoms with Crippen LogP contribution in [0.2, 0.25) is 0 Å². The monoisotopic (exact) mass is 199 g/mol. The van der Waals surface area contributed by atoms with Crippen molar-refractivity contribution in [3.63, 3.8) is 0 Å². The van der Waals surface area contributed by atoms with E-state index in [1.54, 1.807) is 0 Å². The van der Waals surface area contributed by atoms with E-state index in [0.717, 1.165) is 25.7 Å². The van der Waals surface area contributed by atoms with Crippen LogP contribution in [-0.2, 0) is 0 Å². The van der Waals surface area contributed by atoms with Gasteiger partial charge in [-0.05, 0) is 25.7 Å². The van der Waals surface area contributed by atoms with Gasteiger partial charge in [0.2, 0.25) is 0 Å². The SMILES string of the molecule is CCC(CC)(CN)NC(=O)NC1CC1. The molecule has 0 aromatic heterocycles. The second-order valence-corrected chi connectivity index (χ2v) is 4.06. The van der Waals surface area contributed by atoms with Gasteiger partial charge in [-0.1, -0.05) is 13.8 Å². The first kappa shape index (κ1) is 11.3. The smallest absolute Gasteiger partial charge is 0.315 e. The molecule has 2 amide bonds. The maximum absolute atomic E-state index is 11.5. The van der Waals surface area contributed by atoms with E-state index >= 15 is 0 Å². The number of nitrogens with one attached hydrogen (secondary N) is 2. The zero-order valence-corrected chi connectivity index (χ0v) is 9.10. The van der Waals surface area contributed by atoms with Gasteiger partial charge < -0.3 is 16.4 Å². The third-order valence-electron chi connectivity index (χ3n) is 3.04. The van der Waals surface area contributed by atoms with Crippen LogP contribution in [0.25, 0.3) is 0 Å². The van der Waals surface area contributed by atoms with Crippen molar-refractivity contribution >= 4 is 6.03 Å². The van der Waals surface area contributed by atoms with Crippen LogP contribution in [0.5, 0.6) is 0 Å². The highest BCUT2D eigenvalue weighted by Gasteiger charge is 2.29. The number of urea groups is 1. The van der Waals surface area contributed by atoms with E-state index in [9.17, 15) is 4.79 Å². The van der Waals surface area contributed by atoms with Crippen molar-refractivity contribution in [1.29, 1.82) is 0 Å². The van der Waals surface area contributed by atoms with Gasteiger partial charge in [0.1, 0.15) is 0 Å². The Balaban J connectivity index is 2.40. The minimum absolute atomic E-state index is 0.0679. The summed E-state index contributed by atoms with van der Waals surface area (Å²) in [6.45, 7) is 4.60. The molecule has 1 fully saturated rings. The van der Waals surface area contributed by atoms with Crippen LogP contribution >= 0.6 is 0 Å². The molecule has 14 heavy (non-hydrogen) atoms. The summed E-state index contributed by atoms with van der Waals surface area (Å²) in [6.07, 6.45) is 3.97. The van der Waals surface area contributed by atoms with Crippen molar-refractivity contribution in [3.8, 4) is 0 Å². The molecule has 0 aromatic carbocycles. The van der Waals surface area contributed by atoms with Gasteiger partial charge in [0.15, 0.2) is 0 Å². The molecule has 1 aliphatic carbocycles. The summed E-state index contributed by atoms with van der Waals surface area (Å²) in [5.41, 5.74) is 5.46. The Kier molecular flexibility index (Phi) is 3.75. The molecule has 1 saturated carbocycles. The van der Waals surface area contributed by atoms with Crippen molar-refractivity contribution in [2.45, 2.75) is 51.1 Å².